The molecule has 0 atom stereocenters. The van der Waals surface area contributed by atoms with E-state index in [1.54, 1.807) is 13.2 Å². The number of nitrogens with one attached hydrogen (secondary N) is 1. The number of rotatable bonds is 6. The molecule has 11 rings (SSSR count). The Balaban J connectivity index is 0.000000264. The predicted molar refractivity (Wildman–Crippen MR) is 358 cm³/mol. The van der Waals surface area contributed by atoms with Gasteiger partial charge in [0.25, 0.3) is 0 Å². The van der Waals surface area contributed by atoms with Crippen LogP contribution in [-0.2, 0) is 10.8 Å². The summed E-state index contributed by atoms with van der Waals surface area (Å²) in [6.45, 7) is 27.8. The van der Waals surface area contributed by atoms with Crippen LogP contribution in [0.25, 0.3) is 54.5 Å². The number of aromatic nitrogens is 5. The molecule has 11 aromatic rings. The minimum Gasteiger partial charge on any atom is -0.256 e. The SMILES string of the molecule is Brc1cccc2cccnc12.C.CC.CC.CC.CC(C)(C)c1cc(OP(c2cccc3cccnc23)c2cccc3cccnc23)cc(C(C)(C)C)c1.CN=[P+]=N.CP(c1cccc2cccnc12)c1cccc2cccnc12. The third kappa shape index (κ3) is 17.3. The number of halogens is 1. The van der Waals surface area contributed by atoms with Crippen molar-refractivity contribution in [2.24, 2.45) is 4.74 Å². The fourth-order valence-corrected chi connectivity index (χ4v) is 12.6. The summed E-state index contributed by atoms with van der Waals surface area (Å²) in [5.74, 6) is 0.888. The van der Waals surface area contributed by atoms with Crippen molar-refractivity contribution < 1.29 is 4.52 Å². The normalized spacial score (nSPS) is 10.6. The van der Waals surface area contributed by atoms with Crippen LogP contribution in [0.2, 0.25) is 0 Å². The van der Waals surface area contributed by atoms with Crippen molar-refractivity contribution in [1.29, 1.82) is 5.16 Å². The topological polar surface area (TPSA) is 110 Å². The van der Waals surface area contributed by atoms with Gasteiger partial charge in [-0.05, 0) is 113 Å². The van der Waals surface area contributed by atoms with Gasteiger partial charge in [0.05, 0.1) is 27.6 Å². The molecule has 0 saturated carbocycles. The van der Waals surface area contributed by atoms with Gasteiger partial charge >= 0.3 is 25.1 Å². The maximum Gasteiger partial charge on any atom is 0.0781 e. The van der Waals surface area contributed by atoms with Crippen molar-refractivity contribution in [1.82, 2.24) is 24.9 Å². The summed E-state index contributed by atoms with van der Waals surface area (Å²) in [5, 5.41) is 16.9. The van der Waals surface area contributed by atoms with Gasteiger partial charge < -0.3 is 4.52 Å². The van der Waals surface area contributed by atoms with Gasteiger partial charge in [-0.15, -0.1) is 0 Å². The van der Waals surface area contributed by atoms with E-state index in [4.69, 9.17) is 19.7 Å². The van der Waals surface area contributed by atoms with Crippen LogP contribution in [0.15, 0.2) is 210 Å². The predicted octanol–water partition coefficient (Wildman–Crippen LogP) is 19.9. The summed E-state index contributed by atoms with van der Waals surface area (Å²) >= 11 is 3.43. The number of para-hydroxylation sites is 5. The van der Waals surface area contributed by atoms with Crippen molar-refractivity contribution in [3.63, 3.8) is 0 Å². The zero-order chi connectivity index (χ0) is 57.5. The van der Waals surface area contributed by atoms with Gasteiger partial charge in [0.15, 0.2) is 8.15 Å². The average Bonchev–Trinajstić information content (AvgIpc) is 3.49. The van der Waals surface area contributed by atoms with E-state index < -0.39 is 16.1 Å². The molecule has 8 nitrogen and oxygen atoms in total. The van der Waals surface area contributed by atoms with Crippen LogP contribution in [0.3, 0.4) is 0 Å². The zero-order valence-corrected chi connectivity index (χ0v) is 52.6. The molecule has 0 aliphatic heterocycles. The molecule has 0 amide bonds. The number of fused-ring (bicyclic) bond motifs is 5. The quantitative estimate of drug-likeness (QED) is 0.166. The van der Waals surface area contributed by atoms with Crippen LogP contribution < -0.4 is 25.7 Å². The Morgan fingerprint density at radius 1 is 0.438 bits per heavy atom. The molecular weight excluding hydrogens is 1100 g/mol. The standard InChI is InChI=1S/C32H33N2OP.C19H15N2P.C9H6BrN.3C2H6.CH4N2P.CH4/c1-31(2,3)24-19-25(32(4,5)6)21-26(20-24)35-36(27-15-7-11-22-13-9-17-33-29(22)27)28-16-8-12-23-14-10-18-34-30(23)28;1-22(16-10-2-6-14-8-4-12-20-18(14)16)17-11-3-7-15-9-5-13-21-19(15)17;10-8-5-1-3-7-4-2-6-11-9(7)8;3*1-2;1-3-4-2;/h7-21H,1-6H3;2-13H,1H3;1-6H;3*1-2H3;2H,1H3;1H4/q;;;;;;+1;. The molecule has 0 saturated heterocycles. The van der Waals surface area contributed by atoms with Crippen molar-refractivity contribution in [2.45, 2.75) is 101 Å². The molecule has 0 bridgehead atoms. The van der Waals surface area contributed by atoms with E-state index in [0.717, 1.165) is 59.2 Å². The Morgan fingerprint density at radius 3 is 1.02 bits per heavy atom. The molecule has 80 heavy (non-hydrogen) atoms. The van der Waals surface area contributed by atoms with Gasteiger partial charge in [-0.2, -0.15) is 0 Å². The summed E-state index contributed by atoms with van der Waals surface area (Å²) in [7, 11) is 0.236. The molecule has 0 spiro atoms. The number of pyridine rings is 5. The molecule has 0 unspecified atom stereocenters. The van der Waals surface area contributed by atoms with Crippen LogP contribution >= 0.6 is 40.2 Å². The molecule has 5 aromatic heterocycles. The first-order chi connectivity index (χ1) is 38.2. The summed E-state index contributed by atoms with van der Waals surface area (Å²) in [6, 6.07) is 58.8. The van der Waals surface area contributed by atoms with Gasteiger partial charge in [0, 0.05) is 83.6 Å². The smallest absolute Gasteiger partial charge is 0.0781 e. The first-order valence-electron chi connectivity index (χ1n) is 26.9. The molecule has 12 heteroatoms. The average molecular weight is 1180 g/mol. The Labute approximate surface area is 489 Å². The first kappa shape index (κ1) is 66.1. The van der Waals surface area contributed by atoms with E-state index in [0.29, 0.717) is 8.16 Å². The number of nitrogens with zero attached hydrogens (tertiary/aromatic N) is 6. The van der Waals surface area contributed by atoms with Crippen molar-refractivity contribution in [3.8, 4) is 5.75 Å². The van der Waals surface area contributed by atoms with Crippen LogP contribution in [-0.4, -0.2) is 38.6 Å². The summed E-state index contributed by atoms with van der Waals surface area (Å²) in [4.78, 5) is 23.0. The third-order valence-electron chi connectivity index (χ3n) is 12.1. The molecule has 0 aliphatic carbocycles. The Hall–Kier alpha value is -6.46. The molecular formula is C68H80BrN7OP3+. The van der Waals surface area contributed by atoms with Crippen LogP contribution in [0.4, 0.5) is 0 Å². The molecule has 414 valence electrons. The second kappa shape index (κ2) is 32.7. The Morgan fingerprint density at radius 2 is 0.713 bits per heavy atom. The fourth-order valence-electron chi connectivity index (χ4n) is 8.27. The maximum absolute atomic E-state index is 7.06. The summed E-state index contributed by atoms with van der Waals surface area (Å²) < 4.78 is 11.5. The van der Waals surface area contributed by atoms with Gasteiger partial charge in [-0.25, -0.2) is 0 Å². The summed E-state index contributed by atoms with van der Waals surface area (Å²) in [6.07, 6.45) is 9.26. The second-order valence-electron chi connectivity index (χ2n) is 19.2. The maximum atomic E-state index is 7.06. The van der Waals surface area contributed by atoms with E-state index in [1.807, 2.05) is 121 Å². The van der Waals surface area contributed by atoms with E-state index >= 15 is 0 Å². The fraction of sp³-hybridized carbons (Fsp3) is 0.250. The van der Waals surface area contributed by atoms with Crippen molar-refractivity contribution in [2.75, 3.05) is 13.7 Å². The first-order valence-corrected chi connectivity index (χ1v) is 31.6. The number of hydrogen-bond acceptors (Lipinski definition) is 8. The molecule has 1 N–H and O–H groups in total. The summed E-state index contributed by atoms with van der Waals surface area (Å²) in [5.41, 5.74) is 7.73. The molecule has 0 aliphatic rings. The molecule has 6 aromatic carbocycles. The Bertz CT molecular complexity index is 3530. The van der Waals surface area contributed by atoms with E-state index in [2.05, 4.69) is 199 Å². The van der Waals surface area contributed by atoms with Gasteiger partial charge in [-0.3, -0.25) is 24.9 Å². The molecule has 5 heterocycles. The van der Waals surface area contributed by atoms with Crippen LogP contribution in [0, 0.1) is 5.16 Å². The van der Waals surface area contributed by atoms with Crippen molar-refractivity contribution >= 4 is 116 Å². The van der Waals surface area contributed by atoms with E-state index in [9.17, 15) is 0 Å². The van der Waals surface area contributed by atoms with Crippen LogP contribution in [0.5, 0.6) is 5.75 Å². The Kier molecular flexibility index (Phi) is 27.0. The number of benzene rings is 6. The number of hydrogen-bond donors (Lipinski definition) is 1. The minimum absolute atomic E-state index is 0. The monoisotopic (exact) mass is 1180 g/mol. The molecule has 0 fully saturated rings. The molecule has 0 radical (unpaired) electrons. The van der Waals surface area contributed by atoms with Gasteiger partial charge in [-0.1, -0.05) is 200 Å². The van der Waals surface area contributed by atoms with E-state index in [-0.39, 0.29) is 18.3 Å². The van der Waals surface area contributed by atoms with E-state index in [1.165, 1.54) is 37.9 Å². The largest absolute Gasteiger partial charge is 0.256 e. The van der Waals surface area contributed by atoms with Crippen molar-refractivity contribution in [3.05, 3.63) is 216 Å². The third-order valence-corrected chi connectivity index (χ3v) is 17.1. The zero-order valence-electron chi connectivity index (χ0n) is 48.4. The van der Waals surface area contributed by atoms with Gasteiger partial charge in [0.2, 0.25) is 0 Å². The minimum atomic E-state index is -1.25. The van der Waals surface area contributed by atoms with Crippen LogP contribution in [0.1, 0.15) is 102 Å². The second-order valence-corrected chi connectivity index (χ2v) is 24.5. The van der Waals surface area contributed by atoms with Gasteiger partial charge in [0.1, 0.15) is 5.75 Å².